The Morgan fingerprint density at radius 3 is 2.50 bits per heavy atom. The molecule has 172 valence electrons. The summed E-state index contributed by atoms with van der Waals surface area (Å²) < 4.78 is 2.02. The van der Waals surface area contributed by atoms with Crippen LogP contribution in [0.5, 0.6) is 0 Å². The third-order valence-electron chi connectivity index (χ3n) is 8.30. The minimum absolute atomic E-state index is 0.178. The summed E-state index contributed by atoms with van der Waals surface area (Å²) in [5, 5.41) is 4.51. The van der Waals surface area contributed by atoms with Crippen molar-refractivity contribution in [1.29, 1.82) is 0 Å². The van der Waals surface area contributed by atoms with Gasteiger partial charge in [-0.25, -0.2) is 0 Å². The Balaban J connectivity index is 1.51. The molecule has 2 unspecified atom stereocenters. The van der Waals surface area contributed by atoms with Gasteiger partial charge in [0.2, 0.25) is 5.43 Å². The molecule has 1 aromatic carbocycles. The predicted molar refractivity (Wildman–Crippen MR) is 130 cm³/mol. The third kappa shape index (κ3) is 3.69. The fourth-order valence-electron chi connectivity index (χ4n) is 8.18. The SMILES string of the molecule is CCCCCn1cc(C(=O)NC23CC4C[C@@](C)(C2)C[C@](C)(C4)C3)c(=O)c2cccc(Cl)c21. The summed E-state index contributed by atoms with van der Waals surface area (Å²) in [6.07, 6.45) is 11.9. The summed E-state index contributed by atoms with van der Waals surface area (Å²) >= 11 is 6.49. The summed E-state index contributed by atoms with van der Waals surface area (Å²) in [4.78, 5) is 27.0. The van der Waals surface area contributed by atoms with Gasteiger partial charge in [-0.05, 0) is 73.8 Å². The van der Waals surface area contributed by atoms with Crippen molar-refractivity contribution in [2.24, 2.45) is 16.7 Å². The number of aromatic nitrogens is 1. The van der Waals surface area contributed by atoms with Crippen molar-refractivity contribution in [2.75, 3.05) is 0 Å². The highest BCUT2D eigenvalue weighted by atomic mass is 35.5. The molecule has 4 saturated carbocycles. The van der Waals surface area contributed by atoms with E-state index in [1.807, 2.05) is 10.6 Å². The van der Waals surface area contributed by atoms with Gasteiger partial charge in [-0.3, -0.25) is 9.59 Å². The first-order chi connectivity index (χ1) is 15.1. The Bertz CT molecular complexity index is 1120. The lowest BCUT2D eigenvalue weighted by atomic mass is 9.43. The van der Waals surface area contributed by atoms with E-state index in [4.69, 9.17) is 11.6 Å². The Hall–Kier alpha value is -1.81. The summed E-state index contributed by atoms with van der Waals surface area (Å²) in [6.45, 7) is 7.71. The number of carbonyl (C=O) groups is 1. The molecule has 1 amide bonds. The number of benzene rings is 1. The van der Waals surface area contributed by atoms with Crippen LogP contribution in [-0.4, -0.2) is 16.0 Å². The quantitative estimate of drug-likeness (QED) is 0.519. The number of unbranched alkanes of at least 4 members (excludes halogenated alkanes) is 2. The number of fused-ring (bicyclic) bond motifs is 1. The fraction of sp³-hybridized carbons (Fsp3) is 0.630. The normalized spacial score (nSPS) is 33.1. The van der Waals surface area contributed by atoms with E-state index in [0.717, 1.165) is 50.6 Å². The number of hydrogen-bond donors (Lipinski definition) is 1. The molecule has 1 N–H and O–H groups in total. The lowest BCUT2D eigenvalue weighted by Gasteiger charge is -2.65. The number of rotatable bonds is 6. The van der Waals surface area contributed by atoms with E-state index >= 15 is 0 Å². The zero-order chi connectivity index (χ0) is 22.7. The van der Waals surface area contributed by atoms with Crippen molar-refractivity contribution in [3.63, 3.8) is 0 Å². The number of pyridine rings is 1. The first kappa shape index (κ1) is 22.0. The van der Waals surface area contributed by atoms with Crippen LogP contribution >= 0.6 is 11.6 Å². The van der Waals surface area contributed by atoms with Gasteiger partial charge in [0.05, 0.1) is 10.5 Å². The van der Waals surface area contributed by atoms with E-state index in [1.165, 1.54) is 19.3 Å². The van der Waals surface area contributed by atoms with Crippen LogP contribution in [0.3, 0.4) is 0 Å². The molecular weight excluding hydrogens is 420 g/mol. The van der Waals surface area contributed by atoms with Gasteiger partial charge in [-0.2, -0.15) is 0 Å². The molecular formula is C27H35ClN2O2. The van der Waals surface area contributed by atoms with Crippen molar-refractivity contribution in [1.82, 2.24) is 9.88 Å². The largest absolute Gasteiger partial charge is 0.346 e. The highest BCUT2D eigenvalue weighted by Gasteiger charge is 2.60. The van der Waals surface area contributed by atoms with E-state index in [2.05, 4.69) is 26.1 Å². The number of halogens is 1. The number of amides is 1. The zero-order valence-corrected chi connectivity index (χ0v) is 20.4. The topological polar surface area (TPSA) is 51.1 Å². The molecule has 0 spiro atoms. The van der Waals surface area contributed by atoms with Gasteiger partial charge in [-0.15, -0.1) is 0 Å². The lowest BCUT2D eigenvalue weighted by molar-refractivity contribution is -0.114. The molecule has 4 bridgehead atoms. The molecule has 4 aliphatic carbocycles. The molecule has 0 aliphatic heterocycles. The molecule has 4 fully saturated rings. The van der Waals surface area contributed by atoms with E-state index in [1.54, 1.807) is 18.3 Å². The molecule has 2 aromatic rings. The highest BCUT2D eigenvalue weighted by molar-refractivity contribution is 6.35. The van der Waals surface area contributed by atoms with Crippen LogP contribution in [-0.2, 0) is 6.54 Å². The van der Waals surface area contributed by atoms with Crippen LogP contribution in [0, 0.1) is 16.7 Å². The fourth-order valence-corrected chi connectivity index (χ4v) is 8.46. The maximum Gasteiger partial charge on any atom is 0.257 e. The van der Waals surface area contributed by atoms with Crippen LogP contribution in [0.15, 0.2) is 29.2 Å². The second-order valence-corrected chi connectivity index (χ2v) is 12.2. The van der Waals surface area contributed by atoms with Gasteiger partial charge in [0.1, 0.15) is 5.56 Å². The van der Waals surface area contributed by atoms with Gasteiger partial charge in [0.25, 0.3) is 5.91 Å². The number of para-hydroxylation sites is 1. The number of nitrogens with zero attached hydrogens (tertiary/aromatic N) is 1. The van der Waals surface area contributed by atoms with E-state index in [-0.39, 0.29) is 22.4 Å². The number of nitrogens with one attached hydrogen (secondary N) is 1. The molecule has 4 nitrogen and oxygen atoms in total. The zero-order valence-electron chi connectivity index (χ0n) is 19.6. The van der Waals surface area contributed by atoms with Crippen molar-refractivity contribution in [3.05, 3.63) is 45.2 Å². The van der Waals surface area contributed by atoms with Gasteiger partial charge in [-0.1, -0.05) is 51.3 Å². The van der Waals surface area contributed by atoms with Crippen LogP contribution in [0.2, 0.25) is 5.02 Å². The minimum Gasteiger partial charge on any atom is -0.346 e. The molecule has 4 aliphatic rings. The van der Waals surface area contributed by atoms with Crippen LogP contribution in [0.4, 0.5) is 0 Å². The minimum atomic E-state index is -0.214. The summed E-state index contributed by atoms with van der Waals surface area (Å²) in [5.41, 5.74) is 1.21. The van der Waals surface area contributed by atoms with Crippen molar-refractivity contribution in [2.45, 2.75) is 90.6 Å². The van der Waals surface area contributed by atoms with Crippen LogP contribution < -0.4 is 10.7 Å². The van der Waals surface area contributed by atoms with Gasteiger partial charge in [0, 0.05) is 23.7 Å². The maximum absolute atomic E-state index is 13.6. The monoisotopic (exact) mass is 454 g/mol. The van der Waals surface area contributed by atoms with Crippen molar-refractivity contribution < 1.29 is 4.79 Å². The molecule has 5 heteroatoms. The predicted octanol–water partition coefficient (Wildman–Crippen LogP) is 6.32. The van der Waals surface area contributed by atoms with Crippen LogP contribution in [0.1, 0.15) is 88.9 Å². The second kappa shape index (κ2) is 7.62. The Kier molecular flexibility index (Phi) is 5.24. The molecule has 0 radical (unpaired) electrons. The standard InChI is InChI=1S/C27H35ClN2O2/c1-4-5-6-10-30-14-20(23(31)19-8-7-9-21(28)22(19)30)24(32)29-27-13-18-11-25(2,16-27)15-26(3,12-18)17-27/h7-9,14,18H,4-6,10-13,15-17H2,1-3H3,(H,29,32)/t18?,25-,26+,27?. The van der Waals surface area contributed by atoms with Gasteiger partial charge < -0.3 is 9.88 Å². The van der Waals surface area contributed by atoms with Crippen LogP contribution in [0.25, 0.3) is 10.9 Å². The maximum atomic E-state index is 13.6. The molecule has 1 aromatic heterocycles. The molecule has 4 atom stereocenters. The number of aryl methyl sites for hydroxylation is 1. The molecule has 1 heterocycles. The average Bonchev–Trinajstić information content (AvgIpc) is 2.66. The lowest BCUT2D eigenvalue weighted by Crippen LogP contribution is -2.65. The third-order valence-corrected chi connectivity index (χ3v) is 8.61. The first-order valence-electron chi connectivity index (χ1n) is 12.3. The summed E-state index contributed by atoms with van der Waals surface area (Å²) in [7, 11) is 0. The molecule has 0 saturated heterocycles. The smallest absolute Gasteiger partial charge is 0.257 e. The Morgan fingerprint density at radius 2 is 1.84 bits per heavy atom. The molecule has 32 heavy (non-hydrogen) atoms. The molecule has 6 rings (SSSR count). The van der Waals surface area contributed by atoms with E-state index in [9.17, 15) is 9.59 Å². The van der Waals surface area contributed by atoms with E-state index in [0.29, 0.717) is 27.2 Å². The Morgan fingerprint density at radius 1 is 1.12 bits per heavy atom. The van der Waals surface area contributed by atoms with Gasteiger partial charge in [0.15, 0.2) is 0 Å². The van der Waals surface area contributed by atoms with Crippen molar-refractivity contribution in [3.8, 4) is 0 Å². The average molecular weight is 455 g/mol. The van der Waals surface area contributed by atoms with Gasteiger partial charge >= 0.3 is 0 Å². The Labute approximate surface area is 195 Å². The summed E-state index contributed by atoms with van der Waals surface area (Å²) in [6, 6.07) is 5.41. The number of hydrogen-bond acceptors (Lipinski definition) is 2. The van der Waals surface area contributed by atoms with E-state index < -0.39 is 0 Å². The summed E-state index contributed by atoms with van der Waals surface area (Å²) in [5.74, 6) is 0.470. The van der Waals surface area contributed by atoms with Crippen molar-refractivity contribution >= 4 is 28.4 Å². The second-order valence-electron chi connectivity index (χ2n) is 11.8. The first-order valence-corrected chi connectivity index (χ1v) is 12.7. The highest BCUT2D eigenvalue weighted by Crippen LogP contribution is 2.66. The number of carbonyl (C=O) groups excluding carboxylic acids is 1.